The number of halogens is 1. The Morgan fingerprint density at radius 1 is 1.52 bits per heavy atom. The zero-order valence-electron chi connectivity index (χ0n) is 12.1. The van der Waals surface area contributed by atoms with Gasteiger partial charge in [-0.1, -0.05) is 13.8 Å². The van der Waals surface area contributed by atoms with Crippen LogP contribution in [0.25, 0.3) is 0 Å². The van der Waals surface area contributed by atoms with Crippen molar-refractivity contribution in [1.29, 1.82) is 0 Å². The first-order valence-corrected chi connectivity index (χ1v) is 9.64. The van der Waals surface area contributed by atoms with E-state index < -0.39 is 16.0 Å². The van der Waals surface area contributed by atoms with Crippen molar-refractivity contribution < 1.29 is 17.9 Å². The van der Waals surface area contributed by atoms with E-state index in [1.807, 2.05) is 0 Å². The van der Waals surface area contributed by atoms with Gasteiger partial charge in [0.2, 0.25) is 10.0 Å². The second-order valence-electron chi connectivity index (χ2n) is 5.97. The maximum absolute atomic E-state index is 12.5. The van der Waals surface area contributed by atoms with Crippen LogP contribution in [0.3, 0.4) is 0 Å². The van der Waals surface area contributed by atoms with Crippen LogP contribution in [0.4, 0.5) is 0 Å². The molecule has 1 atom stereocenters. The Morgan fingerprint density at radius 3 is 2.71 bits per heavy atom. The number of nitrogens with one attached hydrogen (secondary N) is 1. The lowest BCUT2D eigenvalue weighted by molar-refractivity contribution is 0.0606. The Morgan fingerprint density at radius 2 is 2.19 bits per heavy atom. The van der Waals surface area contributed by atoms with Gasteiger partial charge in [0.05, 0.1) is 10.9 Å². The van der Waals surface area contributed by atoms with Crippen LogP contribution in [0, 0.1) is 5.41 Å². The van der Waals surface area contributed by atoms with Gasteiger partial charge in [0.25, 0.3) is 0 Å². The molecule has 1 aliphatic rings. The lowest BCUT2D eigenvalue weighted by Gasteiger charge is -2.17. The largest absolute Gasteiger partial charge is 0.465 e. The number of sulfonamides is 1. The fraction of sp³-hybridized carbons (Fsp3) is 0.615. The lowest BCUT2D eigenvalue weighted by Crippen LogP contribution is -2.33. The molecule has 0 saturated heterocycles. The van der Waals surface area contributed by atoms with Gasteiger partial charge in [-0.2, -0.15) is 0 Å². The molecule has 1 heterocycles. The summed E-state index contributed by atoms with van der Waals surface area (Å²) in [6, 6.07) is 1.29. The van der Waals surface area contributed by atoms with Crippen LogP contribution < -0.4 is 4.72 Å². The van der Waals surface area contributed by atoms with Crippen LogP contribution in [-0.2, 0) is 14.8 Å². The SMILES string of the molecule is COC(=O)c1cc(S(=O)(=O)NC2CCC(C)(C)C2)c(Br)s1. The van der Waals surface area contributed by atoms with Gasteiger partial charge in [-0.3, -0.25) is 0 Å². The number of rotatable bonds is 4. The van der Waals surface area contributed by atoms with Crippen molar-refractivity contribution >= 4 is 43.3 Å². The van der Waals surface area contributed by atoms with E-state index in [-0.39, 0.29) is 21.2 Å². The number of ether oxygens (including phenoxy) is 1. The Hall–Kier alpha value is -0.440. The van der Waals surface area contributed by atoms with E-state index >= 15 is 0 Å². The van der Waals surface area contributed by atoms with Crippen LogP contribution in [-0.4, -0.2) is 27.5 Å². The summed E-state index contributed by atoms with van der Waals surface area (Å²) in [5.74, 6) is -0.538. The summed E-state index contributed by atoms with van der Waals surface area (Å²) < 4.78 is 32.7. The second kappa shape index (κ2) is 5.98. The maximum Gasteiger partial charge on any atom is 0.348 e. The highest BCUT2D eigenvalue weighted by atomic mass is 79.9. The first-order chi connectivity index (χ1) is 9.64. The molecule has 0 aromatic carbocycles. The van der Waals surface area contributed by atoms with E-state index in [4.69, 9.17) is 0 Å². The number of hydrogen-bond donors (Lipinski definition) is 1. The summed E-state index contributed by atoms with van der Waals surface area (Å²) in [6.07, 6.45) is 2.65. The molecule has 21 heavy (non-hydrogen) atoms. The van der Waals surface area contributed by atoms with Crippen molar-refractivity contribution in [2.45, 2.75) is 44.0 Å². The molecule has 5 nitrogen and oxygen atoms in total. The molecule has 1 fully saturated rings. The van der Waals surface area contributed by atoms with E-state index in [1.54, 1.807) is 0 Å². The van der Waals surface area contributed by atoms with Crippen LogP contribution in [0.5, 0.6) is 0 Å². The minimum absolute atomic E-state index is 0.0571. The summed E-state index contributed by atoms with van der Waals surface area (Å²) in [7, 11) is -2.37. The molecule has 0 amide bonds. The van der Waals surface area contributed by atoms with Gasteiger partial charge in [0.15, 0.2) is 0 Å². The molecule has 1 N–H and O–H groups in total. The molecule has 0 spiro atoms. The molecule has 1 unspecified atom stereocenters. The highest BCUT2D eigenvalue weighted by Gasteiger charge is 2.34. The number of hydrogen-bond acceptors (Lipinski definition) is 5. The predicted octanol–water partition coefficient (Wildman–Crippen LogP) is 3.15. The molecule has 0 aliphatic heterocycles. The standard InChI is InChI=1S/C13H18BrNO4S2/c1-13(2)5-4-8(7-13)15-21(17,18)10-6-9(12(16)19-3)20-11(10)14/h6,8,15H,4-5,7H2,1-3H3. The fourth-order valence-corrected chi connectivity index (χ4v) is 6.31. The van der Waals surface area contributed by atoms with E-state index in [9.17, 15) is 13.2 Å². The minimum atomic E-state index is -3.64. The molecule has 0 radical (unpaired) electrons. The first kappa shape index (κ1) is 16.9. The zero-order chi connectivity index (χ0) is 15.8. The molecule has 8 heteroatoms. The smallest absolute Gasteiger partial charge is 0.348 e. The number of esters is 1. The van der Waals surface area contributed by atoms with Gasteiger partial charge in [0, 0.05) is 6.04 Å². The van der Waals surface area contributed by atoms with Crippen LogP contribution in [0.2, 0.25) is 0 Å². The van der Waals surface area contributed by atoms with Gasteiger partial charge in [0.1, 0.15) is 9.77 Å². The molecule has 2 rings (SSSR count). The topological polar surface area (TPSA) is 72.5 Å². The Balaban J connectivity index is 2.20. The van der Waals surface area contributed by atoms with E-state index in [2.05, 4.69) is 39.2 Å². The van der Waals surface area contributed by atoms with Gasteiger partial charge in [-0.25, -0.2) is 17.9 Å². The van der Waals surface area contributed by atoms with Crippen molar-refractivity contribution in [3.63, 3.8) is 0 Å². The summed E-state index contributed by atoms with van der Waals surface area (Å²) in [6.45, 7) is 4.27. The molecule has 1 aromatic rings. The summed E-state index contributed by atoms with van der Waals surface area (Å²) in [5.41, 5.74) is 0.163. The summed E-state index contributed by atoms with van der Waals surface area (Å²) in [4.78, 5) is 11.8. The third-order valence-corrected chi connectivity index (χ3v) is 7.37. The van der Waals surface area contributed by atoms with E-state index in [0.717, 1.165) is 30.6 Å². The predicted molar refractivity (Wildman–Crippen MR) is 85.1 cm³/mol. The molecule has 1 aromatic heterocycles. The first-order valence-electron chi connectivity index (χ1n) is 6.54. The van der Waals surface area contributed by atoms with Gasteiger partial charge in [-0.15, -0.1) is 11.3 Å². The number of methoxy groups -OCH3 is 1. The quantitative estimate of drug-likeness (QED) is 0.794. The average molecular weight is 396 g/mol. The molecule has 1 aliphatic carbocycles. The molecular formula is C13H18BrNO4S2. The second-order valence-corrected chi connectivity index (χ2v) is 10.0. The van der Waals surface area contributed by atoms with Gasteiger partial charge in [-0.05, 0) is 46.7 Å². The van der Waals surface area contributed by atoms with Crippen molar-refractivity contribution in [1.82, 2.24) is 4.72 Å². The van der Waals surface area contributed by atoms with Crippen LogP contribution >= 0.6 is 27.3 Å². The normalized spacial score (nSPS) is 21.4. The van der Waals surface area contributed by atoms with Crippen LogP contribution in [0.1, 0.15) is 42.8 Å². The molecular weight excluding hydrogens is 378 g/mol. The number of carbonyl (C=O) groups excluding carboxylic acids is 1. The summed E-state index contributed by atoms with van der Waals surface area (Å²) >= 11 is 4.27. The third-order valence-electron chi connectivity index (χ3n) is 3.62. The summed E-state index contributed by atoms with van der Waals surface area (Å²) in [5, 5.41) is 0. The van der Waals surface area contributed by atoms with Crippen molar-refractivity contribution in [2.24, 2.45) is 5.41 Å². The van der Waals surface area contributed by atoms with Crippen molar-refractivity contribution in [2.75, 3.05) is 7.11 Å². The maximum atomic E-state index is 12.5. The number of thiophene rings is 1. The Labute approximate surface area is 137 Å². The molecule has 1 saturated carbocycles. The number of carbonyl (C=O) groups is 1. The zero-order valence-corrected chi connectivity index (χ0v) is 15.3. The van der Waals surface area contributed by atoms with E-state index in [0.29, 0.717) is 3.79 Å². The third kappa shape index (κ3) is 3.85. The van der Waals surface area contributed by atoms with Crippen molar-refractivity contribution in [3.05, 3.63) is 14.7 Å². The van der Waals surface area contributed by atoms with Gasteiger partial charge < -0.3 is 4.74 Å². The van der Waals surface area contributed by atoms with Crippen molar-refractivity contribution in [3.8, 4) is 0 Å². The highest BCUT2D eigenvalue weighted by molar-refractivity contribution is 9.11. The molecule has 0 bridgehead atoms. The lowest BCUT2D eigenvalue weighted by atomic mass is 9.92. The highest BCUT2D eigenvalue weighted by Crippen LogP contribution is 2.38. The monoisotopic (exact) mass is 395 g/mol. The fourth-order valence-electron chi connectivity index (χ4n) is 2.56. The Kier molecular flexibility index (Phi) is 4.82. The van der Waals surface area contributed by atoms with Gasteiger partial charge >= 0.3 is 5.97 Å². The average Bonchev–Trinajstić information content (AvgIpc) is 2.91. The Bertz CT molecular complexity index is 651. The minimum Gasteiger partial charge on any atom is -0.465 e. The van der Waals surface area contributed by atoms with Crippen LogP contribution in [0.15, 0.2) is 14.7 Å². The van der Waals surface area contributed by atoms with E-state index in [1.165, 1.54) is 13.2 Å². The molecule has 118 valence electrons.